The second-order valence-corrected chi connectivity index (χ2v) is 5.97. The Morgan fingerprint density at radius 3 is 2.06 bits per heavy atom. The van der Waals surface area contributed by atoms with Crippen molar-refractivity contribution in [3.05, 3.63) is 35.4 Å². The highest BCUT2D eigenvalue weighted by Gasteiger charge is 2.13. The maximum absolute atomic E-state index is 6.19. The molecule has 0 aliphatic heterocycles. The Bertz CT molecular complexity index is 324. The lowest BCUT2D eigenvalue weighted by molar-refractivity contribution is 0.575. The fourth-order valence-corrected chi connectivity index (χ4v) is 2.01. The SMILES string of the molecule is CCCCC[C@@H](N)c1ccc(C(C)(C)C)cc1.Cl. The normalized spacial score (nSPS) is 12.9. The predicted octanol–water partition coefficient (Wildman–Crippen LogP) is 4.99. The van der Waals surface area contributed by atoms with Crippen LogP contribution in [0, 0.1) is 0 Å². The highest BCUT2D eigenvalue weighted by molar-refractivity contribution is 5.85. The van der Waals surface area contributed by atoms with E-state index in [-0.39, 0.29) is 23.9 Å². The van der Waals surface area contributed by atoms with Gasteiger partial charge in [0.2, 0.25) is 0 Å². The average Bonchev–Trinajstić information content (AvgIpc) is 2.28. The summed E-state index contributed by atoms with van der Waals surface area (Å²) in [5.41, 5.74) is 9.07. The van der Waals surface area contributed by atoms with Gasteiger partial charge in [0.05, 0.1) is 0 Å². The standard InChI is InChI=1S/C16H27N.ClH/c1-5-6-7-8-15(17)13-9-11-14(12-10-13)16(2,3)4;/h9-12,15H,5-8,17H2,1-4H3;1H/t15-;/m1./s1. The second-order valence-electron chi connectivity index (χ2n) is 5.97. The van der Waals surface area contributed by atoms with E-state index in [1.54, 1.807) is 0 Å². The summed E-state index contributed by atoms with van der Waals surface area (Å²) in [7, 11) is 0. The molecule has 0 fully saturated rings. The van der Waals surface area contributed by atoms with Gasteiger partial charge in [0, 0.05) is 6.04 Å². The molecule has 0 aliphatic carbocycles. The minimum absolute atomic E-state index is 0. The van der Waals surface area contributed by atoms with Crippen molar-refractivity contribution in [2.75, 3.05) is 0 Å². The van der Waals surface area contributed by atoms with Crippen molar-refractivity contribution in [2.45, 2.75) is 64.8 Å². The molecular weight excluding hydrogens is 242 g/mol. The van der Waals surface area contributed by atoms with Crippen LogP contribution in [-0.4, -0.2) is 0 Å². The molecule has 0 heterocycles. The molecule has 0 saturated carbocycles. The monoisotopic (exact) mass is 269 g/mol. The van der Waals surface area contributed by atoms with Gasteiger partial charge in [-0.2, -0.15) is 0 Å². The lowest BCUT2D eigenvalue weighted by Crippen LogP contribution is -2.13. The Kier molecular flexibility index (Phi) is 7.58. The van der Waals surface area contributed by atoms with Crippen LogP contribution < -0.4 is 5.73 Å². The van der Waals surface area contributed by atoms with Crippen LogP contribution in [0.4, 0.5) is 0 Å². The zero-order chi connectivity index (χ0) is 12.9. The number of benzene rings is 1. The molecule has 0 radical (unpaired) electrons. The molecule has 1 aromatic rings. The lowest BCUT2D eigenvalue weighted by Gasteiger charge is -2.20. The quantitative estimate of drug-likeness (QED) is 0.749. The maximum Gasteiger partial charge on any atom is 0.0294 e. The van der Waals surface area contributed by atoms with E-state index in [0.29, 0.717) is 0 Å². The van der Waals surface area contributed by atoms with Crippen molar-refractivity contribution in [2.24, 2.45) is 5.73 Å². The molecule has 1 atom stereocenters. The second kappa shape index (κ2) is 7.81. The Hall–Kier alpha value is -0.530. The first-order chi connectivity index (χ1) is 7.95. The average molecular weight is 270 g/mol. The molecule has 0 aromatic heterocycles. The molecular formula is C16H28ClN. The van der Waals surface area contributed by atoms with Crippen LogP contribution in [0.1, 0.15) is 70.5 Å². The molecule has 0 spiro atoms. The third kappa shape index (κ3) is 5.41. The van der Waals surface area contributed by atoms with Gasteiger partial charge >= 0.3 is 0 Å². The third-order valence-corrected chi connectivity index (χ3v) is 3.32. The Morgan fingerprint density at radius 1 is 1.06 bits per heavy atom. The molecule has 1 rings (SSSR count). The number of hydrogen-bond acceptors (Lipinski definition) is 1. The smallest absolute Gasteiger partial charge is 0.0294 e. The zero-order valence-electron chi connectivity index (χ0n) is 12.2. The molecule has 0 bridgehead atoms. The van der Waals surface area contributed by atoms with Crippen molar-refractivity contribution >= 4 is 12.4 Å². The number of hydrogen-bond donors (Lipinski definition) is 1. The van der Waals surface area contributed by atoms with Crippen molar-refractivity contribution in [1.82, 2.24) is 0 Å². The zero-order valence-corrected chi connectivity index (χ0v) is 13.0. The summed E-state index contributed by atoms with van der Waals surface area (Å²) in [5, 5.41) is 0. The summed E-state index contributed by atoms with van der Waals surface area (Å²) in [6.45, 7) is 8.94. The lowest BCUT2D eigenvalue weighted by atomic mass is 9.86. The van der Waals surface area contributed by atoms with Gasteiger partial charge in [0.25, 0.3) is 0 Å². The number of unbranched alkanes of at least 4 members (excludes halogenated alkanes) is 2. The number of rotatable bonds is 5. The first-order valence-corrected chi connectivity index (χ1v) is 6.81. The Balaban J connectivity index is 0.00000289. The van der Waals surface area contributed by atoms with Gasteiger partial charge < -0.3 is 5.73 Å². The predicted molar refractivity (Wildman–Crippen MR) is 83.5 cm³/mol. The molecule has 18 heavy (non-hydrogen) atoms. The van der Waals surface area contributed by atoms with E-state index < -0.39 is 0 Å². The van der Waals surface area contributed by atoms with E-state index in [1.807, 2.05) is 0 Å². The van der Waals surface area contributed by atoms with Crippen LogP contribution >= 0.6 is 12.4 Å². The number of halogens is 1. The van der Waals surface area contributed by atoms with Gasteiger partial charge in [-0.15, -0.1) is 12.4 Å². The molecule has 2 N–H and O–H groups in total. The van der Waals surface area contributed by atoms with Gasteiger partial charge in [0.15, 0.2) is 0 Å². The summed E-state index contributed by atoms with van der Waals surface area (Å²) in [5.74, 6) is 0. The van der Waals surface area contributed by atoms with Crippen LogP contribution in [0.15, 0.2) is 24.3 Å². The van der Waals surface area contributed by atoms with Gasteiger partial charge in [0.1, 0.15) is 0 Å². The van der Waals surface area contributed by atoms with Crippen LogP contribution in [0.5, 0.6) is 0 Å². The highest BCUT2D eigenvalue weighted by atomic mass is 35.5. The fraction of sp³-hybridized carbons (Fsp3) is 0.625. The van der Waals surface area contributed by atoms with E-state index in [1.165, 1.54) is 30.4 Å². The van der Waals surface area contributed by atoms with E-state index in [0.717, 1.165) is 6.42 Å². The summed E-state index contributed by atoms with van der Waals surface area (Å²) in [6, 6.07) is 9.02. The molecule has 0 saturated heterocycles. The Morgan fingerprint density at radius 2 is 1.61 bits per heavy atom. The number of nitrogens with two attached hydrogens (primary N) is 1. The van der Waals surface area contributed by atoms with Gasteiger partial charge in [-0.05, 0) is 23.0 Å². The molecule has 104 valence electrons. The van der Waals surface area contributed by atoms with Crippen molar-refractivity contribution < 1.29 is 0 Å². The molecule has 0 aliphatic rings. The van der Waals surface area contributed by atoms with Crippen LogP contribution in [0.2, 0.25) is 0 Å². The summed E-state index contributed by atoms with van der Waals surface area (Å²) in [4.78, 5) is 0. The molecule has 2 heteroatoms. The van der Waals surface area contributed by atoms with Gasteiger partial charge in [-0.3, -0.25) is 0 Å². The fourth-order valence-electron chi connectivity index (χ4n) is 2.01. The molecule has 0 unspecified atom stereocenters. The van der Waals surface area contributed by atoms with E-state index >= 15 is 0 Å². The first-order valence-electron chi connectivity index (χ1n) is 6.81. The van der Waals surface area contributed by atoms with Crippen molar-refractivity contribution in [3.8, 4) is 0 Å². The topological polar surface area (TPSA) is 26.0 Å². The highest BCUT2D eigenvalue weighted by Crippen LogP contribution is 2.24. The van der Waals surface area contributed by atoms with Crippen molar-refractivity contribution in [3.63, 3.8) is 0 Å². The minimum Gasteiger partial charge on any atom is -0.324 e. The van der Waals surface area contributed by atoms with E-state index in [9.17, 15) is 0 Å². The Labute approximate surface area is 119 Å². The summed E-state index contributed by atoms with van der Waals surface area (Å²) >= 11 is 0. The van der Waals surface area contributed by atoms with Crippen LogP contribution in [0.25, 0.3) is 0 Å². The van der Waals surface area contributed by atoms with Gasteiger partial charge in [-0.1, -0.05) is 71.2 Å². The summed E-state index contributed by atoms with van der Waals surface area (Å²) in [6.07, 6.45) is 4.88. The minimum atomic E-state index is 0. The summed E-state index contributed by atoms with van der Waals surface area (Å²) < 4.78 is 0. The van der Waals surface area contributed by atoms with Crippen LogP contribution in [-0.2, 0) is 5.41 Å². The largest absolute Gasteiger partial charge is 0.324 e. The first kappa shape index (κ1) is 17.5. The molecule has 1 aromatic carbocycles. The van der Waals surface area contributed by atoms with E-state index in [2.05, 4.69) is 52.0 Å². The molecule has 0 amide bonds. The van der Waals surface area contributed by atoms with Gasteiger partial charge in [-0.25, -0.2) is 0 Å². The molecule has 1 nitrogen and oxygen atoms in total. The van der Waals surface area contributed by atoms with Crippen LogP contribution in [0.3, 0.4) is 0 Å². The maximum atomic E-state index is 6.19. The third-order valence-electron chi connectivity index (χ3n) is 3.32. The van der Waals surface area contributed by atoms with E-state index in [4.69, 9.17) is 5.73 Å². The van der Waals surface area contributed by atoms with Crippen molar-refractivity contribution in [1.29, 1.82) is 0 Å².